The predicted octanol–water partition coefficient (Wildman–Crippen LogP) is 3.58. The third-order valence-corrected chi connectivity index (χ3v) is 8.66. The van der Waals surface area contributed by atoms with Gasteiger partial charge in [0.2, 0.25) is 10.0 Å². The molecule has 0 saturated carbocycles. The average Bonchev–Trinajstić information content (AvgIpc) is 3.17. The summed E-state index contributed by atoms with van der Waals surface area (Å²) < 4.78 is 27.2. The molecule has 7 heteroatoms. The number of para-hydroxylation sites is 1. The molecule has 0 spiro atoms. The maximum atomic E-state index is 13.4. The highest BCUT2D eigenvalue weighted by Crippen LogP contribution is 2.33. The molecule has 6 nitrogen and oxygen atoms in total. The monoisotopic (exact) mass is 451 g/mol. The van der Waals surface area contributed by atoms with Crippen molar-refractivity contribution in [2.24, 2.45) is 5.92 Å². The third kappa shape index (κ3) is 3.95. The normalized spacial score (nSPS) is 19.8. The van der Waals surface area contributed by atoms with Crippen LogP contribution in [0.15, 0.2) is 48.5 Å². The maximum Gasteiger partial charge on any atom is 0.256 e. The van der Waals surface area contributed by atoms with Crippen molar-refractivity contribution < 1.29 is 13.2 Å². The fourth-order valence-electron chi connectivity index (χ4n) is 5.01. The van der Waals surface area contributed by atoms with Crippen molar-refractivity contribution in [3.63, 3.8) is 0 Å². The molecule has 32 heavy (non-hydrogen) atoms. The lowest BCUT2D eigenvalue weighted by molar-refractivity contribution is 0.0699. The summed E-state index contributed by atoms with van der Waals surface area (Å²) >= 11 is 0. The number of carbonyl (C=O) groups is 1. The van der Waals surface area contributed by atoms with E-state index in [-0.39, 0.29) is 11.7 Å². The summed E-state index contributed by atoms with van der Waals surface area (Å²) in [5, 5.41) is 1.15. The summed E-state index contributed by atoms with van der Waals surface area (Å²) in [5.41, 5.74) is 5.00. The fourth-order valence-corrected chi connectivity index (χ4v) is 6.53. The number of amides is 1. The summed E-state index contributed by atoms with van der Waals surface area (Å²) in [4.78, 5) is 18.7. The van der Waals surface area contributed by atoms with Gasteiger partial charge in [0.1, 0.15) is 0 Å². The topological polar surface area (TPSA) is 73.5 Å². The number of aromatic nitrogens is 1. The largest absolute Gasteiger partial charge is 0.358 e. The van der Waals surface area contributed by atoms with Crippen LogP contribution in [0.1, 0.15) is 40.5 Å². The number of hydrogen-bond acceptors (Lipinski definition) is 3. The number of rotatable bonds is 4. The summed E-state index contributed by atoms with van der Waals surface area (Å²) in [6, 6.07) is 15.2. The first-order valence-corrected chi connectivity index (χ1v) is 13.0. The number of aryl methyl sites for hydroxylation is 1. The van der Waals surface area contributed by atoms with Crippen LogP contribution in [0.25, 0.3) is 10.9 Å². The molecular formula is C25H29N3O3S. The first-order chi connectivity index (χ1) is 15.4. The molecule has 168 valence electrons. The number of aromatic amines is 1. The Kier molecular flexibility index (Phi) is 5.55. The van der Waals surface area contributed by atoms with Crippen molar-refractivity contribution in [3.05, 3.63) is 70.9 Å². The number of fused-ring (bicyclic) bond motifs is 3. The van der Waals surface area contributed by atoms with Gasteiger partial charge in [-0.2, -0.15) is 4.31 Å². The van der Waals surface area contributed by atoms with Crippen LogP contribution in [0.3, 0.4) is 0 Å². The second-order valence-corrected chi connectivity index (χ2v) is 11.1. The van der Waals surface area contributed by atoms with Crippen LogP contribution in [0.2, 0.25) is 0 Å². The van der Waals surface area contributed by atoms with Gasteiger partial charge < -0.3 is 9.88 Å². The van der Waals surface area contributed by atoms with E-state index in [2.05, 4.69) is 18.0 Å². The standard InChI is InChI=1S/C25H29N3O3S/c1-18-10-11-23-22(16-18)20-8-5-9-21(24(20)26-23)25(29)27-12-14-28(15-13-27)32(30,31)17-19-6-3-2-4-7-19/h2-9,18,26H,10-17H2,1H3. The lowest BCUT2D eigenvalue weighted by atomic mass is 9.87. The van der Waals surface area contributed by atoms with Gasteiger partial charge in [-0.3, -0.25) is 4.79 Å². The van der Waals surface area contributed by atoms with Gasteiger partial charge in [-0.25, -0.2) is 8.42 Å². The summed E-state index contributed by atoms with van der Waals surface area (Å²) in [6.45, 7) is 3.74. The van der Waals surface area contributed by atoms with Gasteiger partial charge in [0.15, 0.2) is 0 Å². The summed E-state index contributed by atoms with van der Waals surface area (Å²) in [6.07, 6.45) is 3.24. The first-order valence-electron chi connectivity index (χ1n) is 11.4. The Morgan fingerprint density at radius 2 is 1.78 bits per heavy atom. The number of piperazine rings is 1. The molecule has 2 aliphatic rings. The van der Waals surface area contributed by atoms with E-state index in [1.165, 1.54) is 22.0 Å². The molecule has 1 aliphatic heterocycles. The van der Waals surface area contributed by atoms with E-state index in [1.807, 2.05) is 42.5 Å². The van der Waals surface area contributed by atoms with E-state index in [4.69, 9.17) is 0 Å². The molecule has 1 unspecified atom stereocenters. The van der Waals surface area contributed by atoms with E-state index < -0.39 is 10.0 Å². The zero-order chi connectivity index (χ0) is 22.3. The van der Waals surface area contributed by atoms with Gasteiger partial charge in [0.05, 0.1) is 16.8 Å². The number of hydrogen-bond donors (Lipinski definition) is 1. The molecule has 2 heterocycles. The molecule has 1 amide bonds. The van der Waals surface area contributed by atoms with Crippen LogP contribution in [0.4, 0.5) is 0 Å². The number of benzene rings is 2. The molecule has 1 fully saturated rings. The summed E-state index contributed by atoms with van der Waals surface area (Å²) in [7, 11) is -3.40. The van der Waals surface area contributed by atoms with E-state index in [0.29, 0.717) is 37.7 Å². The molecule has 2 aromatic carbocycles. The van der Waals surface area contributed by atoms with Crippen molar-refractivity contribution in [3.8, 4) is 0 Å². The SMILES string of the molecule is CC1CCc2[nH]c3c(C(=O)N4CCN(S(=O)(=O)Cc5ccccc5)CC4)cccc3c2C1. The molecule has 0 radical (unpaired) electrons. The molecule has 1 aliphatic carbocycles. The Balaban J connectivity index is 1.31. The van der Waals surface area contributed by atoms with Crippen LogP contribution in [-0.4, -0.2) is 54.7 Å². The lowest BCUT2D eigenvalue weighted by Gasteiger charge is -2.34. The molecule has 1 N–H and O–H groups in total. The molecular weight excluding hydrogens is 422 g/mol. The predicted molar refractivity (Wildman–Crippen MR) is 126 cm³/mol. The zero-order valence-corrected chi connectivity index (χ0v) is 19.2. The number of nitrogens with one attached hydrogen (secondary N) is 1. The van der Waals surface area contributed by atoms with Crippen molar-refractivity contribution in [2.75, 3.05) is 26.2 Å². The number of sulfonamides is 1. The summed E-state index contributed by atoms with van der Waals surface area (Å²) in [5.74, 6) is 0.627. The molecule has 1 aromatic heterocycles. The Morgan fingerprint density at radius 3 is 2.53 bits per heavy atom. The zero-order valence-electron chi connectivity index (χ0n) is 18.4. The maximum absolute atomic E-state index is 13.4. The quantitative estimate of drug-likeness (QED) is 0.659. The van der Waals surface area contributed by atoms with Gasteiger partial charge in [-0.15, -0.1) is 0 Å². The van der Waals surface area contributed by atoms with E-state index in [9.17, 15) is 13.2 Å². The van der Waals surface area contributed by atoms with Gasteiger partial charge in [0, 0.05) is 37.3 Å². The average molecular weight is 452 g/mol. The highest BCUT2D eigenvalue weighted by molar-refractivity contribution is 7.88. The highest BCUT2D eigenvalue weighted by Gasteiger charge is 2.30. The van der Waals surface area contributed by atoms with Gasteiger partial charge in [0.25, 0.3) is 5.91 Å². The van der Waals surface area contributed by atoms with E-state index in [1.54, 1.807) is 4.90 Å². The Labute approximate surface area is 189 Å². The second-order valence-electron chi connectivity index (χ2n) is 9.09. The fraction of sp³-hybridized carbons (Fsp3) is 0.400. The Morgan fingerprint density at radius 1 is 1.03 bits per heavy atom. The lowest BCUT2D eigenvalue weighted by Crippen LogP contribution is -2.50. The number of carbonyl (C=O) groups excluding carboxylic acids is 1. The number of H-pyrrole nitrogens is 1. The first kappa shape index (κ1) is 21.2. The minimum absolute atomic E-state index is 0.00640. The number of nitrogens with zero attached hydrogens (tertiary/aromatic N) is 2. The third-order valence-electron chi connectivity index (χ3n) is 6.81. The van der Waals surface area contributed by atoms with E-state index >= 15 is 0 Å². The van der Waals surface area contributed by atoms with Crippen LogP contribution in [0, 0.1) is 5.92 Å². The molecule has 3 aromatic rings. The minimum Gasteiger partial charge on any atom is -0.358 e. The molecule has 0 bridgehead atoms. The van der Waals surface area contributed by atoms with Crippen molar-refractivity contribution in [1.29, 1.82) is 0 Å². The van der Waals surface area contributed by atoms with Crippen LogP contribution in [-0.2, 0) is 28.6 Å². The van der Waals surface area contributed by atoms with Gasteiger partial charge in [-0.05, 0) is 42.4 Å². The Bertz CT molecular complexity index is 1240. The smallest absolute Gasteiger partial charge is 0.256 e. The van der Waals surface area contributed by atoms with E-state index in [0.717, 1.165) is 29.3 Å². The van der Waals surface area contributed by atoms with Gasteiger partial charge in [-0.1, -0.05) is 49.4 Å². The minimum atomic E-state index is -3.40. The molecule has 1 atom stereocenters. The van der Waals surface area contributed by atoms with Crippen molar-refractivity contribution >= 4 is 26.8 Å². The molecule has 1 saturated heterocycles. The van der Waals surface area contributed by atoms with Crippen LogP contribution in [0.5, 0.6) is 0 Å². The highest BCUT2D eigenvalue weighted by atomic mass is 32.2. The van der Waals surface area contributed by atoms with Crippen LogP contribution >= 0.6 is 0 Å². The van der Waals surface area contributed by atoms with Crippen LogP contribution < -0.4 is 0 Å². The Hall–Kier alpha value is -2.64. The second kappa shape index (κ2) is 8.37. The van der Waals surface area contributed by atoms with Crippen molar-refractivity contribution in [1.82, 2.24) is 14.2 Å². The molecule has 5 rings (SSSR count). The van der Waals surface area contributed by atoms with Gasteiger partial charge >= 0.3 is 0 Å². The van der Waals surface area contributed by atoms with Crippen molar-refractivity contribution in [2.45, 2.75) is 31.9 Å².